The van der Waals surface area contributed by atoms with Gasteiger partial charge in [-0.2, -0.15) is 0 Å². The van der Waals surface area contributed by atoms with Crippen molar-refractivity contribution in [1.82, 2.24) is 9.97 Å². The molecule has 0 saturated carbocycles. The van der Waals surface area contributed by atoms with Gasteiger partial charge < -0.3 is 14.5 Å². The van der Waals surface area contributed by atoms with Crippen LogP contribution in [0.4, 0.5) is 0 Å². The van der Waals surface area contributed by atoms with Gasteiger partial charge in [-0.3, -0.25) is 4.79 Å². The molecule has 0 unspecified atom stereocenters. The first kappa shape index (κ1) is 16.8. The van der Waals surface area contributed by atoms with E-state index in [1.54, 1.807) is 17.4 Å². The van der Waals surface area contributed by atoms with Gasteiger partial charge in [0.25, 0.3) is 5.56 Å². The van der Waals surface area contributed by atoms with Crippen LogP contribution in [-0.4, -0.2) is 23.2 Å². The third-order valence-electron chi connectivity index (χ3n) is 4.91. The van der Waals surface area contributed by atoms with E-state index in [0.29, 0.717) is 29.8 Å². The molecule has 0 amide bonds. The molecule has 5 nitrogen and oxygen atoms in total. The number of hydrogen-bond donors (Lipinski definition) is 1. The van der Waals surface area contributed by atoms with Crippen molar-refractivity contribution in [1.29, 1.82) is 0 Å². The first-order chi connectivity index (χ1) is 13.2. The molecule has 0 radical (unpaired) electrons. The van der Waals surface area contributed by atoms with Crippen LogP contribution >= 0.6 is 22.9 Å². The number of hydrogen-bond acceptors (Lipinski definition) is 5. The van der Waals surface area contributed by atoms with Crippen molar-refractivity contribution in [3.63, 3.8) is 0 Å². The van der Waals surface area contributed by atoms with Crippen molar-refractivity contribution in [3.8, 4) is 11.5 Å². The number of fused-ring (bicyclic) bond motifs is 4. The van der Waals surface area contributed by atoms with Crippen LogP contribution in [0.3, 0.4) is 0 Å². The summed E-state index contributed by atoms with van der Waals surface area (Å²) in [6.45, 7) is 1.08. The molecule has 0 fully saturated rings. The van der Waals surface area contributed by atoms with Crippen LogP contribution in [0.2, 0.25) is 0 Å². The van der Waals surface area contributed by atoms with E-state index in [4.69, 9.17) is 21.1 Å². The topological polar surface area (TPSA) is 64.2 Å². The summed E-state index contributed by atoms with van der Waals surface area (Å²) in [5.41, 5.74) is 1.93. The highest BCUT2D eigenvalue weighted by Crippen LogP contribution is 2.35. The Hall–Kier alpha value is -2.31. The maximum atomic E-state index is 12.7. The van der Waals surface area contributed by atoms with Crippen LogP contribution in [0.5, 0.6) is 11.5 Å². The van der Waals surface area contributed by atoms with Crippen molar-refractivity contribution >= 4 is 44.3 Å². The smallest absolute Gasteiger partial charge is 0.260 e. The van der Waals surface area contributed by atoms with Crippen molar-refractivity contribution in [2.45, 2.75) is 25.7 Å². The van der Waals surface area contributed by atoms with E-state index < -0.39 is 0 Å². The molecule has 1 aromatic carbocycles. The zero-order valence-electron chi connectivity index (χ0n) is 14.5. The first-order valence-corrected chi connectivity index (χ1v) is 10.2. The Morgan fingerprint density at radius 3 is 2.89 bits per heavy atom. The van der Waals surface area contributed by atoms with Crippen molar-refractivity contribution in [3.05, 3.63) is 50.4 Å². The second-order valence-electron chi connectivity index (χ2n) is 6.70. The average Bonchev–Trinajstić information content (AvgIpc) is 3.07. The summed E-state index contributed by atoms with van der Waals surface area (Å²) in [4.78, 5) is 22.2. The number of nitrogens with zero attached hydrogens (tertiary/aromatic N) is 1. The lowest BCUT2D eigenvalue weighted by Crippen LogP contribution is -2.15. The number of ether oxygens (including phenoxy) is 2. The molecular formula is C20H17ClN2O3S. The quantitative estimate of drug-likeness (QED) is 0.693. The van der Waals surface area contributed by atoms with Crippen molar-refractivity contribution in [2.75, 3.05) is 13.2 Å². The second kappa shape index (κ2) is 6.69. The van der Waals surface area contributed by atoms with Gasteiger partial charge in [-0.05, 0) is 55.0 Å². The van der Waals surface area contributed by atoms with Gasteiger partial charge >= 0.3 is 0 Å². The third-order valence-corrected chi connectivity index (χ3v) is 6.38. The van der Waals surface area contributed by atoms with Gasteiger partial charge in [0.05, 0.1) is 10.4 Å². The lowest BCUT2D eigenvalue weighted by molar-refractivity contribution is 0.171. The SMILES string of the molecule is O=c1[nH]c(/C(Cl)=C/c2ccc3c(c2)OCCO3)nc2sc3c(c12)CCCC3. The van der Waals surface area contributed by atoms with Gasteiger partial charge in [0.2, 0.25) is 0 Å². The number of H-pyrrole nitrogens is 1. The molecule has 2 aliphatic rings. The number of aryl methyl sites for hydroxylation is 2. The highest BCUT2D eigenvalue weighted by Gasteiger charge is 2.20. The molecule has 0 atom stereocenters. The van der Waals surface area contributed by atoms with Crippen LogP contribution in [0.1, 0.15) is 34.7 Å². The van der Waals surface area contributed by atoms with Gasteiger partial charge in [-0.25, -0.2) is 4.98 Å². The molecule has 3 aromatic rings. The number of aromatic amines is 1. The summed E-state index contributed by atoms with van der Waals surface area (Å²) < 4.78 is 11.1. The van der Waals surface area contributed by atoms with Gasteiger partial charge in [0.15, 0.2) is 17.3 Å². The molecule has 7 heteroatoms. The van der Waals surface area contributed by atoms with E-state index in [-0.39, 0.29) is 5.56 Å². The average molecular weight is 401 g/mol. The van der Waals surface area contributed by atoms with Crippen LogP contribution in [-0.2, 0) is 12.8 Å². The van der Waals surface area contributed by atoms with E-state index >= 15 is 0 Å². The number of benzene rings is 1. The third kappa shape index (κ3) is 3.03. The molecule has 5 rings (SSSR count). The Morgan fingerprint density at radius 1 is 1.19 bits per heavy atom. The fraction of sp³-hybridized carbons (Fsp3) is 0.300. The fourth-order valence-corrected chi connectivity index (χ4v) is 5.12. The molecule has 0 saturated heterocycles. The predicted octanol–water partition coefficient (Wildman–Crippen LogP) is 4.37. The van der Waals surface area contributed by atoms with Gasteiger partial charge in [0.1, 0.15) is 18.0 Å². The number of nitrogens with one attached hydrogen (secondary N) is 1. The maximum Gasteiger partial charge on any atom is 0.260 e. The minimum atomic E-state index is -0.108. The first-order valence-electron chi connectivity index (χ1n) is 9.01. The molecule has 1 aliphatic carbocycles. The van der Waals surface area contributed by atoms with Crippen LogP contribution in [0.25, 0.3) is 21.3 Å². The summed E-state index contributed by atoms with van der Waals surface area (Å²) >= 11 is 8.10. The monoisotopic (exact) mass is 400 g/mol. The summed E-state index contributed by atoms with van der Waals surface area (Å²) in [6, 6.07) is 5.63. The van der Waals surface area contributed by atoms with E-state index in [0.717, 1.165) is 40.8 Å². The predicted molar refractivity (Wildman–Crippen MR) is 108 cm³/mol. The molecule has 0 spiro atoms. The van der Waals surface area contributed by atoms with Gasteiger partial charge in [-0.1, -0.05) is 17.7 Å². The maximum absolute atomic E-state index is 12.7. The van der Waals surface area contributed by atoms with Gasteiger partial charge in [0, 0.05) is 4.88 Å². The summed E-state index contributed by atoms with van der Waals surface area (Å²) in [7, 11) is 0. The minimum absolute atomic E-state index is 0.108. The van der Waals surface area contributed by atoms with Crippen LogP contribution in [0, 0.1) is 0 Å². The van der Waals surface area contributed by atoms with E-state index in [1.165, 1.54) is 16.9 Å². The molecule has 2 aromatic heterocycles. The lowest BCUT2D eigenvalue weighted by Gasteiger charge is -2.18. The van der Waals surface area contributed by atoms with E-state index in [9.17, 15) is 4.79 Å². The summed E-state index contributed by atoms with van der Waals surface area (Å²) in [5, 5.41) is 1.12. The summed E-state index contributed by atoms with van der Waals surface area (Å²) in [6.07, 6.45) is 6.07. The molecule has 27 heavy (non-hydrogen) atoms. The van der Waals surface area contributed by atoms with Crippen molar-refractivity contribution in [2.24, 2.45) is 0 Å². The van der Waals surface area contributed by atoms with Crippen LogP contribution in [0.15, 0.2) is 23.0 Å². The summed E-state index contributed by atoms with van der Waals surface area (Å²) in [5.74, 6) is 1.82. The number of thiophene rings is 1. The molecule has 3 heterocycles. The van der Waals surface area contributed by atoms with Crippen molar-refractivity contribution < 1.29 is 9.47 Å². The van der Waals surface area contributed by atoms with E-state index in [1.807, 2.05) is 18.2 Å². The fourth-order valence-electron chi connectivity index (χ4n) is 3.64. The lowest BCUT2D eigenvalue weighted by atomic mass is 9.97. The Balaban J connectivity index is 1.55. The Bertz CT molecular complexity index is 1130. The molecule has 0 bridgehead atoms. The number of aromatic nitrogens is 2. The van der Waals surface area contributed by atoms with Crippen LogP contribution < -0.4 is 15.0 Å². The Kier molecular flexibility index (Phi) is 4.17. The number of rotatable bonds is 2. The molecule has 138 valence electrons. The molecular weight excluding hydrogens is 384 g/mol. The van der Waals surface area contributed by atoms with E-state index in [2.05, 4.69) is 9.97 Å². The second-order valence-corrected chi connectivity index (χ2v) is 8.19. The normalized spacial score (nSPS) is 16.4. The highest BCUT2D eigenvalue weighted by atomic mass is 35.5. The Morgan fingerprint density at radius 2 is 2.00 bits per heavy atom. The minimum Gasteiger partial charge on any atom is -0.486 e. The van der Waals surface area contributed by atoms with Gasteiger partial charge in [-0.15, -0.1) is 11.3 Å². The largest absolute Gasteiger partial charge is 0.486 e. The number of halogens is 1. The Labute approximate surface area is 164 Å². The zero-order valence-corrected chi connectivity index (χ0v) is 16.1. The zero-order chi connectivity index (χ0) is 18.4. The molecule has 1 N–H and O–H groups in total. The molecule has 1 aliphatic heterocycles. The standard InChI is InChI=1S/C20H17ClN2O3S/c21-13(9-11-5-6-14-15(10-11)26-8-7-25-14)18-22-19(24)17-12-3-1-2-4-16(12)27-20(17)23-18/h5-6,9-10H,1-4,7-8H2,(H,22,23,24)/b13-9-. The highest BCUT2D eigenvalue weighted by molar-refractivity contribution is 7.18.